The van der Waals surface area contributed by atoms with Crippen LogP contribution in [0.2, 0.25) is 0 Å². The number of hydrogen-bond acceptors (Lipinski definition) is 3. The van der Waals surface area contributed by atoms with Gasteiger partial charge < -0.3 is 0 Å². The monoisotopic (exact) mass is 269 g/mol. The fraction of sp³-hybridized carbons (Fsp3) is 0.188. The number of carbonyl (C=O) groups excluding carboxylic acids is 1. The molecular formula is C16H15NO3. The standard InChI is InChI=1S/C16H15NO3/c1-11-6-7-13(8-12(11)2)9-16(18)14-4-3-5-15(10-14)17(19)20/h3-8,10H,9H2,1-2H3. The normalized spacial score (nSPS) is 10.3. The average molecular weight is 269 g/mol. The minimum absolute atomic E-state index is 0.0593. The molecule has 0 aromatic heterocycles. The van der Waals surface area contributed by atoms with Gasteiger partial charge in [-0.25, -0.2) is 0 Å². The summed E-state index contributed by atoms with van der Waals surface area (Å²) in [6, 6.07) is 11.7. The van der Waals surface area contributed by atoms with Gasteiger partial charge in [-0.3, -0.25) is 14.9 Å². The molecule has 0 heterocycles. The van der Waals surface area contributed by atoms with Crippen LogP contribution in [0.3, 0.4) is 0 Å². The third kappa shape index (κ3) is 3.09. The van der Waals surface area contributed by atoms with E-state index in [9.17, 15) is 14.9 Å². The number of hydrogen-bond donors (Lipinski definition) is 0. The molecule has 0 unspecified atom stereocenters. The molecule has 0 radical (unpaired) electrons. The van der Waals surface area contributed by atoms with Crippen molar-refractivity contribution in [3.8, 4) is 0 Å². The second kappa shape index (κ2) is 5.65. The summed E-state index contributed by atoms with van der Waals surface area (Å²) >= 11 is 0. The second-order valence-electron chi connectivity index (χ2n) is 4.83. The van der Waals surface area contributed by atoms with E-state index < -0.39 is 4.92 Å². The van der Waals surface area contributed by atoms with Crippen LogP contribution in [0.15, 0.2) is 42.5 Å². The number of nitro benzene ring substituents is 1. The Bertz CT molecular complexity index is 677. The number of carbonyl (C=O) groups is 1. The van der Waals surface area contributed by atoms with Crippen molar-refractivity contribution in [2.45, 2.75) is 20.3 Å². The Balaban J connectivity index is 2.21. The summed E-state index contributed by atoms with van der Waals surface area (Å²) in [4.78, 5) is 22.4. The molecule has 2 aromatic carbocycles. The topological polar surface area (TPSA) is 60.2 Å². The summed E-state index contributed by atoms with van der Waals surface area (Å²) in [5.41, 5.74) is 3.55. The first-order chi connectivity index (χ1) is 9.47. The van der Waals surface area contributed by atoms with Gasteiger partial charge in [0.15, 0.2) is 5.78 Å². The summed E-state index contributed by atoms with van der Waals surface area (Å²) in [6.45, 7) is 4.01. The average Bonchev–Trinajstić information content (AvgIpc) is 2.43. The maximum absolute atomic E-state index is 12.2. The molecule has 0 bridgehead atoms. The van der Waals surface area contributed by atoms with E-state index in [1.54, 1.807) is 6.07 Å². The van der Waals surface area contributed by atoms with Gasteiger partial charge in [-0.1, -0.05) is 30.3 Å². The number of non-ortho nitro benzene ring substituents is 1. The van der Waals surface area contributed by atoms with E-state index in [-0.39, 0.29) is 17.9 Å². The smallest absolute Gasteiger partial charge is 0.270 e. The molecule has 4 heteroatoms. The summed E-state index contributed by atoms with van der Waals surface area (Å²) in [7, 11) is 0. The van der Waals surface area contributed by atoms with Crippen molar-refractivity contribution in [2.75, 3.05) is 0 Å². The van der Waals surface area contributed by atoms with Crippen LogP contribution in [0.4, 0.5) is 5.69 Å². The van der Waals surface area contributed by atoms with Crippen molar-refractivity contribution >= 4 is 11.5 Å². The lowest BCUT2D eigenvalue weighted by atomic mass is 9.99. The Hall–Kier alpha value is -2.49. The second-order valence-corrected chi connectivity index (χ2v) is 4.83. The molecular weight excluding hydrogens is 254 g/mol. The fourth-order valence-corrected chi connectivity index (χ4v) is 1.99. The molecule has 102 valence electrons. The third-order valence-electron chi connectivity index (χ3n) is 3.31. The molecule has 0 atom stereocenters. The van der Waals surface area contributed by atoms with E-state index in [0.717, 1.165) is 11.1 Å². The Morgan fingerprint density at radius 1 is 1.10 bits per heavy atom. The number of Topliss-reactive ketones (excluding diaryl/α,β-unsaturated/α-hetero) is 1. The number of benzene rings is 2. The minimum Gasteiger partial charge on any atom is -0.294 e. The molecule has 0 spiro atoms. The highest BCUT2D eigenvalue weighted by Gasteiger charge is 2.12. The van der Waals surface area contributed by atoms with E-state index >= 15 is 0 Å². The van der Waals surface area contributed by atoms with Crippen molar-refractivity contribution in [1.29, 1.82) is 0 Å². The van der Waals surface area contributed by atoms with Gasteiger partial charge in [0.05, 0.1) is 4.92 Å². The van der Waals surface area contributed by atoms with Crippen LogP contribution < -0.4 is 0 Å². The minimum atomic E-state index is -0.493. The van der Waals surface area contributed by atoms with Gasteiger partial charge in [0.25, 0.3) is 5.69 Å². The first kappa shape index (κ1) is 13.9. The van der Waals surface area contributed by atoms with Crippen LogP contribution in [-0.4, -0.2) is 10.7 Å². The predicted molar refractivity (Wildman–Crippen MR) is 77.0 cm³/mol. The number of nitro groups is 1. The Morgan fingerprint density at radius 2 is 1.85 bits per heavy atom. The van der Waals surface area contributed by atoms with Gasteiger partial charge in [-0.15, -0.1) is 0 Å². The molecule has 4 nitrogen and oxygen atoms in total. The van der Waals surface area contributed by atoms with Crippen molar-refractivity contribution in [2.24, 2.45) is 0 Å². The molecule has 0 fully saturated rings. The first-order valence-electron chi connectivity index (χ1n) is 6.31. The van der Waals surface area contributed by atoms with Gasteiger partial charge in [-0.05, 0) is 30.5 Å². The maximum Gasteiger partial charge on any atom is 0.270 e. The zero-order valence-electron chi connectivity index (χ0n) is 11.4. The van der Waals surface area contributed by atoms with Crippen molar-refractivity contribution < 1.29 is 9.72 Å². The lowest BCUT2D eigenvalue weighted by Crippen LogP contribution is -2.04. The zero-order chi connectivity index (χ0) is 14.7. The number of ketones is 1. The van der Waals surface area contributed by atoms with E-state index in [1.807, 2.05) is 32.0 Å². The molecule has 2 rings (SSSR count). The number of aryl methyl sites for hydroxylation is 2. The zero-order valence-corrected chi connectivity index (χ0v) is 11.4. The SMILES string of the molecule is Cc1ccc(CC(=O)c2cccc([N+](=O)[O-])c2)cc1C. The largest absolute Gasteiger partial charge is 0.294 e. The first-order valence-corrected chi connectivity index (χ1v) is 6.31. The van der Waals surface area contributed by atoms with Crippen molar-refractivity contribution in [3.05, 3.63) is 74.8 Å². The lowest BCUT2D eigenvalue weighted by molar-refractivity contribution is -0.384. The Morgan fingerprint density at radius 3 is 2.50 bits per heavy atom. The maximum atomic E-state index is 12.2. The summed E-state index contributed by atoms with van der Waals surface area (Å²) in [5.74, 6) is -0.114. The quantitative estimate of drug-likeness (QED) is 0.483. The molecule has 0 saturated carbocycles. The van der Waals surface area contributed by atoms with Crippen LogP contribution in [0.25, 0.3) is 0 Å². The summed E-state index contributed by atoms with van der Waals surface area (Å²) < 4.78 is 0. The fourth-order valence-electron chi connectivity index (χ4n) is 1.99. The van der Waals surface area contributed by atoms with E-state index in [2.05, 4.69) is 0 Å². The van der Waals surface area contributed by atoms with Crippen LogP contribution in [-0.2, 0) is 6.42 Å². The highest BCUT2D eigenvalue weighted by molar-refractivity contribution is 5.98. The summed E-state index contributed by atoms with van der Waals surface area (Å²) in [6.07, 6.45) is 0.252. The number of nitrogens with zero attached hydrogens (tertiary/aromatic N) is 1. The molecule has 0 aliphatic rings. The Kier molecular flexibility index (Phi) is 3.94. The molecule has 0 aliphatic carbocycles. The van der Waals surface area contributed by atoms with Gasteiger partial charge in [-0.2, -0.15) is 0 Å². The highest BCUT2D eigenvalue weighted by atomic mass is 16.6. The molecule has 20 heavy (non-hydrogen) atoms. The van der Waals surface area contributed by atoms with Crippen LogP contribution in [0.5, 0.6) is 0 Å². The van der Waals surface area contributed by atoms with Gasteiger partial charge in [0.2, 0.25) is 0 Å². The molecule has 0 amide bonds. The predicted octanol–water partition coefficient (Wildman–Crippen LogP) is 3.64. The van der Waals surface area contributed by atoms with Crippen molar-refractivity contribution in [3.63, 3.8) is 0 Å². The van der Waals surface area contributed by atoms with Crippen molar-refractivity contribution in [1.82, 2.24) is 0 Å². The van der Waals surface area contributed by atoms with Gasteiger partial charge in [0, 0.05) is 24.1 Å². The van der Waals surface area contributed by atoms with Gasteiger partial charge >= 0.3 is 0 Å². The highest BCUT2D eigenvalue weighted by Crippen LogP contribution is 2.16. The van der Waals surface area contributed by atoms with Crippen LogP contribution >= 0.6 is 0 Å². The Labute approximate surface area is 117 Å². The van der Waals surface area contributed by atoms with Crippen LogP contribution in [0, 0.1) is 24.0 Å². The third-order valence-corrected chi connectivity index (χ3v) is 3.31. The van der Waals surface area contributed by atoms with E-state index in [4.69, 9.17) is 0 Å². The van der Waals surface area contributed by atoms with Gasteiger partial charge in [0.1, 0.15) is 0 Å². The summed E-state index contributed by atoms with van der Waals surface area (Å²) in [5, 5.41) is 10.7. The lowest BCUT2D eigenvalue weighted by Gasteiger charge is -2.05. The van der Waals surface area contributed by atoms with E-state index in [0.29, 0.717) is 5.56 Å². The molecule has 0 aliphatic heterocycles. The molecule has 2 aromatic rings. The number of rotatable bonds is 4. The molecule has 0 saturated heterocycles. The van der Waals surface area contributed by atoms with Crippen LogP contribution in [0.1, 0.15) is 27.0 Å². The van der Waals surface area contributed by atoms with E-state index in [1.165, 1.54) is 23.8 Å². The molecule has 0 N–H and O–H groups in total.